The molecular weight excluding hydrogens is 316 g/mol. The number of unbranched alkanes of at least 4 members (excludes halogenated alkanes) is 1. The Hall–Kier alpha value is -1.76. The van der Waals surface area contributed by atoms with Gasteiger partial charge in [-0.15, -0.1) is 0 Å². The van der Waals surface area contributed by atoms with Gasteiger partial charge in [0.1, 0.15) is 11.2 Å². The molecule has 0 radical (unpaired) electrons. The average Bonchev–Trinajstić information content (AvgIpc) is 3.04. The largest absolute Gasteiger partial charge is 0.456 e. The smallest absolute Gasteiger partial charge is 0.136 e. The molecule has 3 aromatic rings. The summed E-state index contributed by atoms with van der Waals surface area (Å²) in [5, 5.41) is 2.76. The van der Waals surface area contributed by atoms with Crippen LogP contribution in [-0.4, -0.2) is 0 Å². The molecular formula is C25H32O. The predicted molar refractivity (Wildman–Crippen MR) is 112 cm³/mol. The number of hydrogen-bond acceptors (Lipinski definition) is 1. The Kier molecular flexibility index (Phi) is 5.07. The monoisotopic (exact) mass is 348 g/mol. The van der Waals surface area contributed by atoms with Crippen molar-refractivity contribution in [2.45, 2.75) is 84.5 Å². The molecule has 1 aliphatic carbocycles. The summed E-state index contributed by atoms with van der Waals surface area (Å²) >= 11 is 0. The van der Waals surface area contributed by atoms with E-state index in [4.69, 9.17) is 4.42 Å². The third-order valence-electron chi connectivity index (χ3n) is 6.45. The fraction of sp³-hybridized carbons (Fsp3) is 0.520. The normalized spacial score (nSPS) is 16.0. The Labute approximate surface area is 157 Å². The van der Waals surface area contributed by atoms with Crippen LogP contribution in [0.15, 0.2) is 28.7 Å². The van der Waals surface area contributed by atoms with Gasteiger partial charge in [-0.3, -0.25) is 0 Å². The molecule has 1 heterocycles. The molecule has 1 saturated carbocycles. The fourth-order valence-electron chi connectivity index (χ4n) is 4.98. The van der Waals surface area contributed by atoms with Crippen molar-refractivity contribution in [1.29, 1.82) is 0 Å². The fourth-order valence-corrected chi connectivity index (χ4v) is 4.98. The number of fused-ring (bicyclic) bond motifs is 3. The second-order valence-electron chi connectivity index (χ2n) is 8.17. The number of benzene rings is 2. The van der Waals surface area contributed by atoms with Crippen molar-refractivity contribution >= 4 is 21.9 Å². The van der Waals surface area contributed by atoms with Gasteiger partial charge in [0.05, 0.1) is 0 Å². The van der Waals surface area contributed by atoms with Gasteiger partial charge in [-0.1, -0.05) is 45.6 Å². The molecule has 0 bridgehead atoms. The van der Waals surface area contributed by atoms with E-state index in [2.05, 4.69) is 45.0 Å². The van der Waals surface area contributed by atoms with Gasteiger partial charge >= 0.3 is 0 Å². The Morgan fingerprint density at radius 1 is 1.00 bits per heavy atom. The average molecular weight is 349 g/mol. The zero-order chi connectivity index (χ0) is 18.1. The van der Waals surface area contributed by atoms with E-state index >= 15 is 0 Å². The molecule has 0 spiro atoms. The molecule has 0 atom stereocenters. The molecule has 1 fully saturated rings. The van der Waals surface area contributed by atoms with Gasteiger partial charge in [0.25, 0.3) is 0 Å². The maximum absolute atomic E-state index is 6.34. The molecule has 0 amide bonds. The molecule has 0 aliphatic heterocycles. The van der Waals surface area contributed by atoms with Crippen LogP contribution in [0.25, 0.3) is 21.9 Å². The van der Waals surface area contributed by atoms with E-state index in [0.717, 1.165) is 17.6 Å². The first-order valence-electron chi connectivity index (χ1n) is 10.7. The Balaban J connectivity index is 1.95. The summed E-state index contributed by atoms with van der Waals surface area (Å²) in [6, 6.07) is 9.18. The quantitative estimate of drug-likeness (QED) is 0.457. The van der Waals surface area contributed by atoms with Crippen molar-refractivity contribution < 1.29 is 4.42 Å². The van der Waals surface area contributed by atoms with Crippen LogP contribution < -0.4 is 0 Å². The molecule has 1 aromatic heterocycles. The highest BCUT2D eigenvalue weighted by Crippen LogP contribution is 2.43. The third-order valence-corrected chi connectivity index (χ3v) is 6.45. The summed E-state index contributed by atoms with van der Waals surface area (Å²) in [6.07, 6.45) is 11.6. The molecule has 1 aliphatic rings. The highest BCUT2D eigenvalue weighted by atomic mass is 16.3. The lowest BCUT2D eigenvalue weighted by atomic mass is 9.79. The summed E-state index contributed by atoms with van der Waals surface area (Å²) in [6.45, 7) is 6.88. The van der Waals surface area contributed by atoms with Crippen LogP contribution in [0.1, 0.15) is 87.0 Å². The number of rotatable bonds is 5. The van der Waals surface area contributed by atoms with Crippen LogP contribution in [0, 0.1) is 6.92 Å². The van der Waals surface area contributed by atoms with Crippen molar-refractivity contribution in [2.24, 2.45) is 0 Å². The van der Waals surface area contributed by atoms with Gasteiger partial charge in [0.2, 0.25) is 0 Å². The van der Waals surface area contributed by atoms with Crippen LogP contribution in [0.5, 0.6) is 0 Å². The van der Waals surface area contributed by atoms with E-state index < -0.39 is 0 Å². The van der Waals surface area contributed by atoms with Crippen molar-refractivity contribution in [3.05, 3.63) is 46.5 Å². The predicted octanol–water partition coefficient (Wildman–Crippen LogP) is 7.85. The summed E-state index contributed by atoms with van der Waals surface area (Å²) < 4.78 is 6.34. The maximum atomic E-state index is 6.34. The Morgan fingerprint density at radius 3 is 2.54 bits per heavy atom. The standard InChI is InChI=1S/C25H32O/c1-4-6-10-18-13-14-22-21(15-18)25-23(26-22)16-19(5-2)17(3)24(25)20-11-8-7-9-12-20/h13-16,20H,4-12H2,1-3H3. The van der Waals surface area contributed by atoms with Gasteiger partial charge in [0.15, 0.2) is 0 Å². The topological polar surface area (TPSA) is 13.1 Å². The van der Waals surface area contributed by atoms with Crippen LogP contribution in [0.2, 0.25) is 0 Å². The van der Waals surface area contributed by atoms with E-state index in [9.17, 15) is 0 Å². The highest BCUT2D eigenvalue weighted by Gasteiger charge is 2.24. The first-order valence-corrected chi connectivity index (χ1v) is 10.7. The van der Waals surface area contributed by atoms with Crippen LogP contribution in [-0.2, 0) is 12.8 Å². The van der Waals surface area contributed by atoms with E-state index in [1.165, 1.54) is 78.8 Å². The van der Waals surface area contributed by atoms with E-state index in [1.807, 2.05) is 0 Å². The summed E-state index contributed by atoms with van der Waals surface area (Å²) in [5.74, 6) is 0.706. The van der Waals surface area contributed by atoms with Gasteiger partial charge < -0.3 is 4.42 Å². The SMILES string of the molecule is CCCCc1ccc2oc3cc(CC)c(C)c(C4CCCCC4)c3c2c1. The van der Waals surface area contributed by atoms with E-state index in [1.54, 1.807) is 5.56 Å². The minimum atomic E-state index is 0.706. The van der Waals surface area contributed by atoms with Gasteiger partial charge in [-0.05, 0) is 85.4 Å². The second kappa shape index (κ2) is 7.47. The molecule has 0 unspecified atom stereocenters. The summed E-state index contributed by atoms with van der Waals surface area (Å²) in [5.41, 5.74) is 8.21. The van der Waals surface area contributed by atoms with Crippen molar-refractivity contribution in [3.63, 3.8) is 0 Å². The second-order valence-corrected chi connectivity index (χ2v) is 8.17. The number of furan rings is 1. The van der Waals surface area contributed by atoms with Crippen LogP contribution in [0.3, 0.4) is 0 Å². The summed E-state index contributed by atoms with van der Waals surface area (Å²) in [4.78, 5) is 0. The zero-order valence-electron chi connectivity index (χ0n) is 16.7. The lowest BCUT2D eigenvalue weighted by molar-refractivity contribution is 0.444. The van der Waals surface area contributed by atoms with Gasteiger partial charge in [-0.25, -0.2) is 0 Å². The molecule has 26 heavy (non-hydrogen) atoms. The Bertz CT molecular complexity index is 909. The molecule has 1 heteroatoms. The molecule has 0 saturated heterocycles. The highest BCUT2D eigenvalue weighted by molar-refractivity contribution is 6.08. The van der Waals surface area contributed by atoms with Gasteiger partial charge in [-0.2, -0.15) is 0 Å². The zero-order valence-corrected chi connectivity index (χ0v) is 16.7. The number of hydrogen-bond donors (Lipinski definition) is 0. The first-order chi connectivity index (χ1) is 12.7. The molecule has 1 nitrogen and oxygen atoms in total. The molecule has 2 aromatic carbocycles. The third kappa shape index (κ3) is 3.06. The van der Waals surface area contributed by atoms with Gasteiger partial charge in [0, 0.05) is 10.8 Å². The van der Waals surface area contributed by atoms with Crippen molar-refractivity contribution in [3.8, 4) is 0 Å². The lowest BCUT2D eigenvalue weighted by Gasteiger charge is -2.25. The van der Waals surface area contributed by atoms with Crippen molar-refractivity contribution in [2.75, 3.05) is 0 Å². The van der Waals surface area contributed by atoms with E-state index in [-0.39, 0.29) is 0 Å². The molecule has 0 N–H and O–H groups in total. The number of aryl methyl sites for hydroxylation is 2. The Morgan fingerprint density at radius 2 is 1.81 bits per heavy atom. The van der Waals surface area contributed by atoms with E-state index in [0.29, 0.717) is 5.92 Å². The molecule has 138 valence electrons. The minimum absolute atomic E-state index is 0.706. The first kappa shape index (κ1) is 17.6. The lowest BCUT2D eigenvalue weighted by Crippen LogP contribution is -2.08. The van der Waals surface area contributed by atoms with Crippen molar-refractivity contribution in [1.82, 2.24) is 0 Å². The van der Waals surface area contributed by atoms with Crippen LogP contribution in [0.4, 0.5) is 0 Å². The maximum Gasteiger partial charge on any atom is 0.136 e. The van der Waals surface area contributed by atoms with Crippen LogP contribution >= 0.6 is 0 Å². The molecule has 4 rings (SSSR count). The summed E-state index contributed by atoms with van der Waals surface area (Å²) in [7, 11) is 0. The minimum Gasteiger partial charge on any atom is -0.456 e.